The van der Waals surface area contributed by atoms with E-state index in [1.807, 2.05) is 12.1 Å². The molecule has 0 bridgehead atoms. The maximum absolute atomic E-state index is 13.0. The minimum Gasteiger partial charge on any atom is -0.449 e. The van der Waals surface area contributed by atoms with E-state index in [1.165, 1.54) is 24.3 Å². The van der Waals surface area contributed by atoms with Gasteiger partial charge in [0.05, 0.1) is 12.1 Å². The van der Waals surface area contributed by atoms with Crippen molar-refractivity contribution in [2.45, 2.75) is 12.0 Å². The Hall–Kier alpha value is -4.00. The SMILES string of the molecule is O=C(Nc1ccc(C(=O)N2CC[C@@]3(C2)OC(=O)c2ccccc23)cc1)c1ccc(F)cc1. The standard InChI is InChI=1S/C25H19FN2O4/c26-18-9-5-16(6-10-18)22(29)27-19-11-7-17(8-12-19)23(30)28-14-13-25(15-28)21-4-2-1-3-20(21)24(31)32-25/h1-12H,13-15H2,(H,27,29)/t25-/m0/s1. The van der Waals surface area contributed by atoms with Crippen molar-refractivity contribution < 1.29 is 23.5 Å². The zero-order valence-corrected chi connectivity index (χ0v) is 17.0. The minimum atomic E-state index is -0.785. The van der Waals surface area contributed by atoms with Crippen LogP contribution in [0.2, 0.25) is 0 Å². The van der Waals surface area contributed by atoms with Gasteiger partial charge in [-0.1, -0.05) is 18.2 Å². The van der Waals surface area contributed by atoms with Gasteiger partial charge in [-0.3, -0.25) is 9.59 Å². The van der Waals surface area contributed by atoms with Crippen molar-refractivity contribution in [1.29, 1.82) is 0 Å². The van der Waals surface area contributed by atoms with Crippen molar-refractivity contribution in [3.63, 3.8) is 0 Å². The van der Waals surface area contributed by atoms with Crippen molar-refractivity contribution in [3.05, 3.63) is 101 Å². The third kappa shape index (κ3) is 3.41. The highest BCUT2D eigenvalue weighted by Crippen LogP contribution is 2.43. The number of nitrogens with zero attached hydrogens (tertiary/aromatic N) is 1. The molecule has 1 spiro atoms. The van der Waals surface area contributed by atoms with Crippen LogP contribution in [0.4, 0.5) is 10.1 Å². The number of rotatable bonds is 3. The average molecular weight is 430 g/mol. The number of hydrogen-bond acceptors (Lipinski definition) is 4. The lowest BCUT2D eigenvalue weighted by atomic mass is 9.91. The van der Waals surface area contributed by atoms with Crippen molar-refractivity contribution in [2.24, 2.45) is 0 Å². The first-order valence-electron chi connectivity index (χ1n) is 10.2. The topological polar surface area (TPSA) is 75.7 Å². The lowest BCUT2D eigenvalue weighted by Gasteiger charge is -2.24. The smallest absolute Gasteiger partial charge is 0.339 e. The molecule has 0 aromatic heterocycles. The summed E-state index contributed by atoms with van der Waals surface area (Å²) in [6.45, 7) is 0.779. The van der Waals surface area contributed by atoms with E-state index < -0.39 is 11.4 Å². The van der Waals surface area contributed by atoms with Gasteiger partial charge in [-0.2, -0.15) is 0 Å². The van der Waals surface area contributed by atoms with Crippen LogP contribution >= 0.6 is 0 Å². The second-order valence-electron chi connectivity index (χ2n) is 7.94. The molecule has 1 atom stereocenters. The molecule has 5 rings (SSSR count). The number of likely N-dealkylation sites (tertiary alicyclic amines) is 1. The summed E-state index contributed by atoms with van der Waals surface area (Å²) in [5.74, 6) is -1.30. The summed E-state index contributed by atoms with van der Waals surface area (Å²) in [5, 5.41) is 2.73. The maximum Gasteiger partial charge on any atom is 0.339 e. The van der Waals surface area contributed by atoms with Gasteiger partial charge in [-0.05, 0) is 54.6 Å². The zero-order valence-electron chi connectivity index (χ0n) is 17.0. The van der Waals surface area contributed by atoms with Gasteiger partial charge in [-0.15, -0.1) is 0 Å². The second-order valence-corrected chi connectivity index (χ2v) is 7.94. The summed E-state index contributed by atoms with van der Waals surface area (Å²) in [6.07, 6.45) is 0.549. The average Bonchev–Trinajstić information content (AvgIpc) is 3.36. The van der Waals surface area contributed by atoms with E-state index in [-0.39, 0.29) is 17.8 Å². The first kappa shape index (κ1) is 19.9. The molecule has 2 aliphatic heterocycles. The molecule has 0 saturated carbocycles. The molecule has 7 heteroatoms. The number of carbonyl (C=O) groups is 3. The van der Waals surface area contributed by atoms with Gasteiger partial charge in [0.2, 0.25) is 0 Å². The number of amides is 2. The van der Waals surface area contributed by atoms with E-state index in [1.54, 1.807) is 41.3 Å². The zero-order chi connectivity index (χ0) is 22.3. The predicted octanol–water partition coefficient (Wildman–Crippen LogP) is 3.99. The Morgan fingerprint density at radius 3 is 2.38 bits per heavy atom. The summed E-state index contributed by atoms with van der Waals surface area (Å²) in [6, 6.07) is 19.1. The van der Waals surface area contributed by atoms with E-state index in [9.17, 15) is 18.8 Å². The van der Waals surface area contributed by atoms with Gasteiger partial charge in [0, 0.05) is 35.3 Å². The lowest BCUT2D eigenvalue weighted by molar-refractivity contribution is -0.00306. The molecule has 1 N–H and O–H groups in total. The first-order valence-corrected chi connectivity index (χ1v) is 10.2. The molecule has 2 heterocycles. The number of esters is 1. The van der Waals surface area contributed by atoms with Crippen LogP contribution in [0.25, 0.3) is 0 Å². The van der Waals surface area contributed by atoms with Crippen LogP contribution < -0.4 is 5.32 Å². The van der Waals surface area contributed by atoms with E-state index in [4.69, 9.17) is 4.74 Å². The summed E-state index contributed by atoms with van der Waals surface area (Å²) < 4.78 is 18.7. The van der Waals surface area contributed by atoms with Crippen LogP contribution in [0.15, 0.2) is 72.8 Å². The predicted molar refractivity (Wildman–Crippen MR) is 115 cm³/mol. The molecule has 6 nitrogen and oxygen atoms in total. The number of carbonyl (C=O) groups excluding carboxylic acids is 3. The summed E-state index contributed by atoms with van der Waals surface area (Å²) in [4.78, 5) is 39.2. The van der Waals surface area contributed by atoms with Crippen molar-refractivity contribution >= 4 is 23.5 Å². The molecule has 0 aliphatic carbocycles. The van der Waals surface area contributed by atoms with Crippen LogP contribution in [0.3, 0.4) is 0 Å². The number of anilines is 1. The number of nitrogens with one attached hydrogen (secondary N) is 1. The fourth-order valence-electron chi connectivity index (χ4n) is 4.29. The molecular formula is C25H19FN2O4. The van der Waals surface area contributed by atoms with E-state index in [0.717, 1.165) is 5.56 Å². The number of benzene rings is 3. The Morgan fingerprint density at radius 2 is 1.62 bits per heavy atom. The number of ether oxygens (including phenoxy) is 1. The van der Waals surface area contributed by atoms with Crippen LogP contribution in [0.1, 0.15) is 43.1 Å². The third-order valence-corrected chi connectivity index (χ3v) is 5.94. The molecule has 0 radical (unpaired) electrons. The summed E-state index contributed by atoms with van der Waals surface area (Å²) in [7, 11) is 0. The van der Waals surface area contributed by atoms with Crippen LogP contribution in [0.5, 0.6) is 0 Å². The van der Waals surface area contributed by atoms with Crippen molar-refractivity contribution in [2.75, 3.05) is 18.4 Å². The molecule has 2 aliphatic rings. The fourth-order valence-corrected chi connectivity index (χ4v) is 4.29. The Balaban J connectivity index is 1.27. The normalized spacial score (nSPS) is 19.0. The maximum atomic E-state index is 13.0. The molecule has 160 valence electrons. The highest BCUT2D eigenvalue weighted by molar-refractivity contribution is 6.04. The van der Waals surface area contributed by atoms with Crippen LogP contribution in [-0.2, 0) is 10.3 Å². The molecule has 3 aromatic rings. The van der Waals surface area contributed by atoms with Gasteiger partial charge in [0.15, 0.2) is 5.60 Å². The molecule has 3 aromatic carbocycles. The second kappa shape index (κ2) is 7.60. The largest absolute Gasteiger partial charge is 0.449 e. The molecule has 1 fully saturated rings. The Morgan fingerprint density at radius 1 is 0.938 bits per heavy atom. The van der Waals surface area contributed by atoms with Crippen molar-refractivity contribution in [3.8, 4) is 0 Å². The Labute approximate surface area is 183 Å². The van der Waals surface area contributed by atoms with Crippen LogP contribution in [-0.4, -0.2) is 35.8 Å². The first-order chi connectivity index (χ1) is 15.4. The van der Waals surface area contributed by atoms with Gasteiger partial charge in [-0.25, -0.2) is 9.18 Å². The van der Waals surface area contributed by atoms with Gasteiger partial charge >= 0.3 is 5.97 Å². The highest BCUT2D eigenvalue weighted by atomic mass is 19.1. The third-order valence-electron chi connectivity index (χ3n) is 5.94. The van der Waals surface area contributed by atoms with Crippen LogP contribution in [0, 0.1) is 5.82 Å². The molecule has 32 heavy (non-hydrogen) atoms. The number of fused-ring (bicyclic) bond motifs is 2. The molecular weight excluding hydrogens is 411 g/mol. The minimum absolute atomic E-state index is 0.168. The highest BCUT2D eigenvalue weighted by Gasteiger charge is 2.50. The summed E-state index contributed by atoms with van der Waals surface area (Å²) >= 11 is 0. The number of hydrogen-bond donors (Lipinski definition) is 1. The van der Waals surface area contributed by atoms with Gasteiger partial charge in [0.25, 0.3) is 11.8 Å². The van der Waals surface area contributed by atoms with Crippen molar-refractivity contribution in [1.82, 2.24) is 4.90 Å². The fraction of sp³-hybridized carbons (Fsp3) is 0.160. The number of halogens is 1. The molecule has 1 saturated heterocycles. The summed E-state index contributed by atoms with van der Waals surface area (Å²) in [5.41, 5.74) is 1.93. The van der Waals surface area contributed by atoms with E-state index >= 15 is 0 Å². The van der Waals surface area contributed by atoms with Gasteiger partial charge < -0.3 is 15.0 Å². The Kier molecular flexibility index (Phi) is 4.74. The monoisotopic (exact) mass is 430 g/mol. The quantitative estimate of drug-likeness (QED) is 0.638. The van der Waals surface area contributed by atoms with Gasteiger partial charge in [0.1, 0.15) is 5.82 Å². The Bertz CT molecular complexity index is 1220. The molecule has 2 amide bonds. The lowest BCUT2D eigenvalue weighted by Crippen LogP contribution is -2.34. The molecule has 0 unspecified atom stereocenters. The van der Waals surface area contributed by atoms with E-state index in [2.05, 4.69) is 5.32 Å². The van der Waals surface area contributed by atoms with E-state index in [0.29, 0.717) is 41.9 Å².